The van der Waals surface area contributed by atoms with E-state index in [2.05, 4.69) is 52.4 Å². The molecule has 0 aromatic heterocycles. The van der Waals surface area contributed by atoms with E-state index in [1.807, 2.05) is 25.1 Å². The summed E-state index contributed by atoms with van der Waals surface area (Å²) in [6.45, 7) is 5.55. The van der Waals surface area contributed by atoms with Gasteiger partial charge >= 0.3 is 0 Å². The highest BCUT2D eigenvalue weighted by atomic mass is 79.9. The van der Waals surface area contributed by atoms with E-state index >= 15 is 0 Å². The van der Waals surface area contributed by atoms with Crippen molar-refractivity contribution in [1.82, 2.24) is 0 Å². The van der Waals surface area contributed by atoms with E-state index in [0.717, 1.165) is 22.5 Å². The summed E-state index contributed by atoms with van der Waals surface area (Å²) in [4.78, 5) is 0. The number of para-hydroxylation sites is 1. The van der Waals surface area contributed by atoms with Crippen molar-refractivity contribution in [3.05, 3.63) is 58.1 Å². The fourth-order valence-corrected chi connectivity index (χ4v) is 2.28. The number of aryl methyl sites for hydroxylation is 1. The lowest BCUT2D eigenvalue weighted by Gasteiger charge is -2.13. The van der Waals surface area contributed by atoms with Gasteiger partial charge in [0.05, 0.1) is 6.61 Å². The summed E-state index contributed by atoms with van der Waals surface area (Å²) in [5.74, 6) is 0.949. The molecule has 0 amide bonds. The summed E-state index contributed by atoms with van der Waals surface area (Å²) in [5.41, 5.74) is 3.54. The third-order valence-electron chi connectivity index (χ3n) is 2.94. The van der Waals surface area contributed by atoms with Gasteiger partial charge in [-0.15, -0.1) is 0 Å². The van der Waals surface area contributed by atoms with Gasteiger partial charge in [-0.1, -0.05) is 40.2 Å². The molecular formula is C16H18BrNO. The minimum atomic E-state index is 0.687. The first-order valence-corrected chi connectivity index (χ1v) is 7.20. The van der Waals surface area contributed by atoms with E-state index < -0.39 is 0 Å². The standard InChI is InChI=1S/C16H18BrNO/c1-3-19-16-7-5-4-6-13(16)11-18-15-10-14(17)9-8-12(15)2/h4-10,18H,3,11H2,1-2H3. The van der Waals surface area contributed by atoms with E-state index in [1.165, 1.54) is 11.1 Å². The molecule has 19 heavy (non-hydrogen) atoms. The number of halogens is 1. The fourth-order valence-electron chi connectivity index (χ4n) is 1.92. The van der Waals surface area contributed by atoms with E-state index in [4.69, 9.17) is 4.74 Å². The Bertz CT molecular complexity index is 554. The first kappa shape index (κ1) is 13.9. The maximum Gasteiger partial charge on any atom is 0.124 e. The quantitative estimate of drug-likeness (QED) is 0.857. The fraction of sp³-hybridized carbons (Fsp3) is 0.250. The molecule has 0 bridgehead atoms. The van der Waals surface area contributed by atoms with Crippen molar-refractivity contribution in [1.29, 1.82) is 0 Å². The Morgan fingerprint density at radius 1 is 1.16 bits per heavy atom. The maximum atomic E-state index is 5.63. The third-order valence-corrected chi connectivity index (χ3v) is 3.43. The summed E-state index contributed by atoms with van der Waals surface area (Å²) in [6.07, 6.45) is 0. The van der Waals surface area contributed by atoms with Gasteiger partial charge in [0.25, 0.3) is 0 Å². The predicted octanol–water partition coefficient (Wildman–Crippen LogP) is 4.77. The minimum Gasteiger partial charge on any atom is -0.494 e. The van der Waals surface area contributed by atoms with Crippen LogP contribution in [0.15, 0.2) is 46.9 Å². The Labute approximate surface area is 122 Å². The number of anilines is 1. The Kier molecular flexibility index (Phi) is 4.86. The lowest BCUT2D eigenvalue weighted by Crippen LogP contribution is -2.04. The monoisotopic (exact) mass is 319 g/mol. The van der Waals surface area contributed by atoms with E-state index in [9.17, 15) is 0 Å². The topological polar surface area (TPSA) is 21.3 Å². The van der Waals surface area contributed by atoms with Crippen LogP contribution in [0.2, 0.25) is 0 Å². The summed E-state index contributed by atoms with van der Waals surface area (Å²) < 4.78 is 6.71. The van der Waals surface area contributed by atoms with Gasteiger partial charge in [-0.3, -0.25) is 0 Å². The third kappa shape index (κ3) is 3.74. The molecule has 0 radical (unpaired) electrons. The number of hydrogen-bond acceptors (Lipinski definition) is 2. The molecule has 2 rings (SSSR count). The van der Waals surface area contributed by atoms with Gasteiger partial charge in [-0.05, 0) is 37.6 Å². The van der Waals surface area contributed by atoms with Crippen molar-refractivity contribution in [3.8, 4) is 5.75 Å². The number of nitrogens with one attached hydrogen (secondary N) is 1. The molecule has 1 N–H and O–H groups in total. The van der Waals surface area contributed by atoms with Gasteiger partial charge < -0.3 is 10.1 Å². The van der Waals surface area contributed by atoms with Gasteiger partial charge in [0.15, 0.2) is 0 Å². The van der Waals surface area contributed by atoms with Crippen LogP contribution in [0, 0.1) is 6.92 Å². The van der Waals surface area contributed by atoms with Crippen molar-refractivity contribution in [2.45, 2.75) is 20.4 Å². The molecule has 0 saturated heterocycles. The summed E-state index contributed by atoms with van der Waals surface area (Å²) in [7, 11) is 0. The highest BCUT2D eigenvalue weighted by Gasteiger charge is 2.04. The van der Waals surface area contributed by atoms with Crippen LogP contribution in [0.1, 0.15) is 18.1 Å². The average molecular weight is 320 g/mol. The zero-order valence-electron chi connectivity index (χ0n) is 11.2. The molecule has 0 aliphatic rings. The number of ether oxygens (including phenoxy) is 1. The molecule has 2 aromatic carbocycles. The molecule has 0 atom stereocenters. The van der Waals surface area contributed by atoms with Crippen LogP contribution in [0.5, 0.6) is 5.75 Å². The SMILES string of the molecule is CCOc1ccccc1CNc1cc(Br)ccc1C. The lowest BCUT2D eigenvalue weighted by atomic mass is 10.1. The largest absolute Gasteiger partial charge is 0.494 e. The highest BCUT2D eigenvalue weighted by Crippen LogP contribution is 2.23. The van der Waals surface area contributed by atoms with Crippen LogP contribution in [0.25, 0.3) is 0 Å². The molecule has 0 aliphatic carbocycles. The van der Waals surface area contributed by atoms with Crippen molar-refractivity contribution >= 4 is 21.6 Å². The Balaban J connectivity index is 2.12. The first-order valence-electron chi connectivity index (χ1n) is 6.41. The van der Waals surface area contributed by atoms with Crippen LogP contribution >= 0.6 is 15.9 Å². The summed E-state index contributed by atoms with van der Waals surface area (Å²) >= 11 is 3.50. The van der Waals surface area contributed by atoms with Crippen molar-refractivity contribution in [2.24, 2.45) is 0 Å². The Morgan fingerprint density at radius 3 is 2.74 bits per heavy atom. The summed E-state index contributed by atoms with van der Waals surface area (Å²) in [6, 6.07) is 14.4. The van der Waals surface area contributed by atoms with E-state index in [0.29, 0.717) is 6.61 Å². The van der Waals surface area contributed by atoms with E-state index in [-0.39, 0.29) is 0 Å². The Hall–Kier alpha value is -1.48. The molecule has 3 heteroatoms. The molecule has 0 heterocycles. The second-order valence-electron chi connectivity index (χ2n) is 4.35. The predicted molar refractivity (Wildman–Crippen MR) is 83.8 cm³/mol. The van der Waals surface area contributed by atoms with Crippen molar-refractivity contribution in [3.63, 3.8) is 0 Å². The van der Waals surface area contributed by atoms with Gasteiger partial charge in [-0.25, -0.2) is 0 Å². The van der Waals surface area contributed by atoms with Gasteiger partial charge in [0.2, 0.25) is 0 Å². The number of rotatable bonds is 5. The summed E-state index contributed by atoms with van der Waals surface area (Å²) in [5, 5.41) is 3.46. The molecule has 2 nitrogen and oxygen atoms in total. The van der Waals surface area contributed by atoms with Gasteiger partial charge in [0, 0.05) is 22.3 Å². The zero-order chi connectivity index (χ0) is 13.7. The Morgan fingerprint density at radius 2 is 1.95 bits per heavy atom. The minimum absolute atomic E-state index is 0.687. The highest BCUT2D eigenvalue weighted by molar-refractivity contribution is 9.10. The lowest BCUT2D eigenvalue weighted by molar-refractivity contribution is 0.337. The number of hydrogen-bond donors (Lipinski definition) is 1. The van der Waals surface area contributed by atoms with Crippen molar-refractivity contribution in [2.75, 3.05) is 11.9 Å². The molecule has 0 spiro atoms. The normalized spacial score (nSPS) is 10.3. The van der Waals surface area contributed by atoms with E-state index in [1.54, 1.807) is 0 Å². The van der Waals surface area contributed by atoms with Gasteiger partial charge in [0.1, 0.15) is 5.75 Å². The molecular weight excluding hydrogens is 302 g/mol. The van der Waals surface area contributed by atoms with Crippen LogP contribution in [-0.4, -0.2) is 6.61 Å². The van der Waals surface area contributed by atoms with Crippen molar-refractivity contribution < 1.29 is 4.74 Å². The number of benzene rings is 2. The zero-order valence-corrected chi connectivity index (χ0v) is 12.8. The molecule has 100 valence electrons. The van der Waals surface area contributed by atoms with Crippen LogP contribution in [-0.2, 0) is 6.54 Å². The molecule has 0 fully saturated rings. The second-order valence-corrected chi connectivity index (χ2v) is 5.27. The van der Waals surface area contributed by atoms with Crippen LogP contribution in [0.3, 0.4) is 0 Å². The van der Waals surface area contributed by atoms with Crippen LogP contribution in [0.4, 0.5) is 5.69 Å². The average Bonchev–Trinajstić information content (AvgIpc) is 2.42. The van der Waals surface area contributed by atoms with Crippen LogP contribution < -0.4 is 10.1 Å². The maximum absolute atomic E-state index is 5.63. The van der Waals surface area contributed by atoms with Gasteiger partial charge in [-0.2, -0.15) is 0 Å². The smallest absolute Gasteiger partial charge is 0.124 e. The molecule has 0 unspecified atom stereocenters. The molecule has 0 aliphatic heterocycles. The molecule has 2 aromatic rings. The first-order chi connectivity index (χ1) is 9.20. The molecule has 0 saturated carbocycles. The second kappa shape index (κ2) is 6.62.